The number of nitrogens with two attached hydrogens (primary N) is 1. The van der Waals surface area contributed by atoms with E-state index in [-0.39, 0.29) is 0 Å². The number of aryl methyl sites for hydroxylation is 1. The Morgan fingerprint density at radius 1 is 1.18 bits per heavy atom. The van der Waals surface area contributed by atoms with E-state index in [0.717, 1.165) is 57.0 Å². The summed E-state index contributed by atoms with van der Waals surface area (Å²) in [7, 11) is 0. The largest absolute Gasteiger partial charge is 0.381 e. The number of nitrogens with zero attached hydrogens (tertiary/aromatic N) is 2. The summed E-state index contributed by atoms with van der Waals surface area (Å²) in [6.45, 7) is 1.63. The van der Waals surface area contributed by atoms with Gasteiger partial charge in [0.2, 0.25) is 0 Å². The van der Waals surface area contributed by atoms with Crippen molar-refractivity contribution in [2.75, 3.05) is 18.6 Å². The second-order valence-corrected chi connectivity index (χ2v) is 4.74. The number of hydrazine groups is 1. The van der Waals surface area contributed by atoms with Gasteiger partial charge in [0.25, 0.3) is 0 Å². The molecular formula is C12H18N4O. The summed E-state index contributed by atoms with van der Waals surface area (Å²) in [5.74, 6) is 7.76. The Bertz CT molecular complexity index is 415. The molecule has 0 amide bonds. The number of nitrogen functional groups attached to an aromatic ring is 1. The van der Waals surface area contributed by atoms with Crippen molar-refractivity contribution in [1.82, 2.24) is 9.97 Å². The zero-order valence-corrected chi connectivity index (χ0v) is 9.91. The van der Waals surface area contributed by atoms with E-state index in [1.165, 1.54) is 11.3 Å². The minimum atomic E-state index is 0.432. The molecule has 1 aliphatic heterocycles. The standard InChI is InChI=1S/C12H18N4O/c13-16-12-9-2-1-3-10(9)14-11(15-12)8-4-6-17-7-5-8/h8H,1-7,13H2,(H,14,15,16). The molecular weight excluding hydrogens is 216 g/mol. The van der Waals surface area contributed by atoms with Gasteiger partial charge in [-0.05, 0) is 32.1 Å². The predicted octanol–water partition coefficient (Wildman–Crippen LogP) is 1.14. The molecule has 17 heavy (non-hydrogen) atoms. The molecule has 92 valence electrons. The molecule has 0 spiro atoms. The van der Waals surface area contributed by atoms with Gasteiger partial charge in [0.05, 0.1) is 0 Å². The Labute approximate surface area is 101 Å². The van der Waals surface area contributed by atoms with Crippen LogP contribution in [-0.2, 0) is 17.6 Å². The molecule has 1 fully saturated rings. The van der Waals surface area contributed by atoms with Crippen molar-refractivity contribution in [3.05, 3.63) is 17.1 Å². The van der Waals surface area contributed by atoms with E-state index in [1.54, 1.807) is 0 Å². The second-order valence-electron chi connectivity index (χ2n) is 4.74. The van der Waals surface area contributed by atoms with Gasteiger partial charge < -0.3 is 10.2 Å². The van der Waals surface area contributed by atoms with Gasteiger partial charge in [-0.2, -0.15) is 0 Å². The lowest BCUT2D eigenvalue weighted by Crippen LogP contribution is -2.19. The smallest absolute Gasteiger partial charge is 0.147 e. The lowest BCUT2D eigenvalue weighted by molar-refractivity contribution is 0.0835. The fraction of sp³-hybridized carbons (Fsp3) is 0.667. The summed E-state index contributed by atoms with van der Waals surface area (Å²) in [5.41, 5.74) is 5.13. The monoisotopic (exact) mass is 234 g/mol. The van der Waals surface area contributed by atoms with Crippen LogP contribution in [-0.4, -0.2) is 23.2 Å². The molecule has 0 bridgehead atoms. The molecule has 5 nitrogen and oxygen atoms in total. The molecule has 1 aliphatic carbocycles. The topological polar surface area (TPSA) is 73.1 Å². The Morgan fingerprint density at radius 3 is 2.76 bits per heavy atom. The molecule has 0 aromatic carbocycles. The van der Waals surface area contributed by atoms with Crippen LogP contribution in [0.2, 0.25) is 0 Å². The van der Waals surface area contributed by atoms with Gasteiger partial charge in [0.1, 0.15) is 11.6 Å². The summed E-state index contributed by atoms with van der Waals surface area (Å²) in [6, 6.07) is 0. The summed E-state index contributed by atoms with van der Waals surface area (Å²) in [6.07, 6.45) is 5.30. The maximum atomic E-state index is 5.56. The quantitative estimate of drug-likeness (QED) is 0.593. The van der Waals surface area contributed by atoms with Gasteiger partial charge >= 0.3 is 0 Å². The van der Waals surface area contributed by atoms with Gasteiger partial charge in [-0.25, -0.2) is 15.8 Å². The molecule has 0 atom stereocenters. The minimum Gasteiger partial charge on any atom is -0.381 e. The van der Waals surface area contributed by atoms with Crippen LogP contribution in [0.5, 0.6) is 0 Å². The van der Waals surface area contributed by atoms with E-state index in [4.69, 9.17) is 15.6 Å². The molecule has 1 aromatic heterocycles. The highest BCUT2D eigenvalue weighted by molar-refractivity contribution is 5.48. The number of hydrogen-bond acceptors (Lipinski definition) is 5. The van der Waals surface area contributed by atoms with Crippen molar-refractivity contribution < 1.29 is 4.74 Å². The zero-order chi connectivity index (χ0) is 11.7. The van der Waals surface area contributed by atoms with Crippen LogP contribution in [0, 0.1) is 0 Å². The van der Waals surface area contributed by atoms with Crippen LogP contribution < -0.4 is 11.3 Å². The number of ether oxygens (including phenoxy) is 1. The number of hydrogen-bond donors (Lipinski definition) is 2. The number of fused-ring (bicyclic) bond motifs is 1. The summed E-state index contributed by atoms with van der Waals surface area (Å²) >= 11 is 0. The van der Waals surface area contributed by atoms with Crippen molar-refractivity contribution >= 4 is 5.82 Å². The first-order valence-electron chi connectivity index (χ1n) is 6.32. The van der Waals surface area contributed by atoms with Crippen LogP contribution in [0.25, 0.3) is 0 Å². The van der Waals surface area contributed by atoms with Gasteiger partial charge in [-0.15, -0.1) is 0 Å². The molecule has 0 radical (unpaired) electrons. The Hall–Kier alpha value is -1.20. The third-order valence-electron chi connectivity index (χ3n) is 3.67. The third kappa shape index (κ3) is 2.00. The van der Waals surface area contributed by atoms with Crippen molar-refractivity contribution in [1.29, 1.82) is 0 Å². The molecule has 1 saturated heterocycles. The van der Waals surface area contributed by atoms with Gasteiger partial charge in [0, 0.05) is 30.4 Å². The molecule has 3 rings (SSSR count). The highest BCUT2D eigenvalue weighted by atomic mass is 16.5. The molecule has 2 heterocycles. The van der Waals surface area contributed by atoms with E-state index >= 15 is 0 Å². The third-order valence-corrected chi connectivity index (χ3v) is 3.67. The summed E-state index contributed by atoms with van der Waals surface area (Å²) < 4.78 is 5.37. The SMILES string of the molecule is NNc1nc(C2CCOCC2)nc2c1CCC2. The first-order valence-corrected chi connectivity index (χ1v) is 6.32. The molecule has 5 heteroatoms. The van der Waals surface area contributed by atoms with Crippen molar-refractivity contribution in [2.24, 2.45) is 5.84 Å². The highest BCUT2D eigenvalue weighted by Gasteiger charge is 2.24. The average molecular weight is 234 g/mol. The summed E-state index contributed by atoms with van der Waals surface area (Å²) in [5, 5.41) is 0. The number of anilines is 1. The maximum absolute atomic E-state index is 5.56. The molecule has 0 unspecified atom stereocenters. The number of nitrogens with one attached hydrogen (secondary N) is 1. The maximum Gasteiger partial charge on any atom is 0.147 e. The molecule has 2 aliphatic rings. The first-order chi connectivity index (χ1) is 8.38. The van der Waals surface area contributed by atoms with E-state index in [9.17, 15) is 0 Å². The van der Waals surface area contributed by atoms with Crippen LogP contribution >= 0.6 is 0 Å². The van der Waals surface area contributed by atoms with Crippen LogP contribution in [0.15, 0.2) is 0 Å². The van der Waals surface area contributed by atoms with Gasteiger partial charge in [0.15, 0.2) is 0 Å². The fourth-order valence-corrected chi connectivity index (χ4v) is 2.71. The average Bonchev–Trinajstić information content (AvgIpc) is 2.86. The normalized spacial score (nSPS) is 20.3. The lowest BCUT2D eigenvalue weighted by Gasteiger charge is -2.21. The highest BCUT2D eigenvalue weighted by Crippen LogP contribution is 2.30. The first kappa shape index (κ1) is 10.9. The Balaban J connectivity index is 1.94. The number of rotatable bonds is 2. The molecule has 0 saturated carbocycles. The van der Waals surface area contributed by atoms with Crippen molar-refractivity contribution in [3.8, 4) is 0 Å². The van der Waals surface area contributed by atoms with Crippen LogP contribution in [0.3, 0.4) is 0 Å². The lowest BCUT2D eigenvalue weighted by atomic mass is 9.99. The number of aromatic nitrogens is 2. The van der Waals surface area contributed by atoms with Gasteiger partial charge in [-0.1, -0.05) is 0 Å². The molecule has 3 N–H and O–H groups in total. The molecule has 1 aromatic rings. The van der Waals surface area contributed by atoms with E-state index in [0.29, 0.717) is 5.92 Å². The van der Waals surface area contributed by atoms with E-state index in [2.05, 4.69) is 10.4 Å². The van der Waals surface area contributed by atoms with Crippen LogP contribution in [0.4, 0.5) is 5.82 Å². The second kappa shape index (κ2) is 4.58. The minimum absolute atomic E-state index is 0.432. The Morgan fingerprint density at radius 2 is 2.00 bits per heavy atom. The van der Waals surface area contributed by atoms with Crippen molar-refractivity contribution in [3.63, 3.8) is 0 Å². The van der Waals surface area contributed by atoms with Gasteiger partial charge in [-0.3, -0.25) is 0 Å². The van der Waals surface area contributed by atoms with Crippen LogP contribution in [0.1, 0.15) is 42.3 Å². The van der Waals surface area contributed by atoms with Crippen molar-refractivity contribution in [2.45, 2.75) is 38.0 Å². The Kier molecular flexibility index (Phi) is 2.94. The zero-order valence-electron chi connectivity index (χ0n) is 9.91. The fourth-order valence-electron chi connectivity index (χ4n) is 2.71. The van der Waals surface area contributed by atoms with E-state index in [1.807, 2.05) is 0 Å². The summed E-state index contributed by atoms with van der Waals surface area (Å²) in [4.78, 5) is 9.31. The predicted molar refractivity (Wildman–Crippen MR) is 64.7 cm³/mol. The van der Waals surface area contributed by atoms with E-state index < -0.39 is 0 Å².